The van der Waals surface area contributed by atoms with Crippen LogP contribution in [-0.2, 0) is 9.47 Å². The Bertz CT molecular complexity index is 2130. The van der Waals surface area contributed by atoms with Crippen LogP contribution in [0.5, 0.6) is 11.5 Å². The molecule has 6 nitrogen and oxygen atoms in total. The highest BCUT2D eigenvalue weighted by atomic mass is 19.3. The van der Waals surface area contributed by atoms with Crippen LogP contribution in [0, 0.1) is 11.8 Å². The molecule has 2 fully saturated rings. The number of carbonyl (C=O) groups excluding carboxylic acids is 2. The first-order valence-corrected chi connectivity index (χ1v) is 23.9. The van der Waals surface area contributed by atoms with Crippen molar-refractivity contribution >= 4 is 11.9 Å². The third kappa shape index (κ3) is 12.4. The molecule has 0 N–H and O–H groups in total. The molecule has 0 radical (unpaired) electrons. The van der Waals surface area contributed by atoms with E-state index < -0.39 is 60.7 Å². The molecule has 7 rings (SSSR count). The van der Waals surface area contributed by atoms with Crippen LogP contribution in [0.25, 0.3) is 22.3 Å². The molecule has 0 heterocycles. The Kier molecular flexibility index (Phi) is 16.6. The number of ether oxygens (including phenoxy) is 4. The SMILES string of the molecule is CCCCCCCCOc1ccc(-c2ccc(C(=O)OCC3C(c4ccc(C5C(COC(=O)c6ccc(-c7ccc(OCCCCCCCC)cc7)cc6)C5(F)F)cc4)C3(F)F)cc2)cc1. The van der Waals surface area contributed by atoms with Gasteiger partial charge in [0.15, 0.2) is 0 Å². The molecule has 2 saturated carbocycles. The van der Waals surface area contributed by atoms with E-state index >= 15 is 17.6 Å². The predicted molar refractivity (Wildman–Crippen MR) is 251 cm³/mol. The van der Waals surface area contributed by atoms with E-state index in [9.17, 15) is 9.59 Å². The summed E-state index contributed by atoms with van der Waals surface area (Å²) in [5.74, 6) is -11.0. The number of halogens is 4. The van der Waals surface area contributed by atoms with E-state index in [1.807, 2.05) is 48.5 Å². The summed E-state index contributed by atoms with van der Waals surface area (Å²) in [4.78, 5) is 25.7. The maximum Gasteiger partial charge on any atom is 0.338 e. The smallest absolute Gasteiger partial charge is 0.338 e. The lowest BCUT2D eigenvalue weighted by Gasteiger charge is -2.08. The standard InChI is InChI=1S/C56H62F4O6/c1-3-5-7-9-11-13-35-63-47-31-27-41(28-32-47)39-15-23-45(24-16-39)53(61)65-37-49-51(55(49,57)58)43-19-21-44(22-20-43)52-50(56(52,59)60)38-66-54(62)46-25-17-40(18-26-46)42-29-33-48(34-30-42)64-36-14-12-10-8-6-4-2/h15-34,49-52H,3-14,35-38H2,1-2H3. The second-order valence-corrected chi connectivity index (χ2v) is 17.8. The average molecular weight is 907 g/mol. The molecule has 0 bridgehead atoms. The van der Waals surface area contributed by atoms with Crippen molar-refractivity contribution in [1.29, 1.82) is 0 Å². The molecule has 0 aliphatic heterocycles. The van der Waals surface area contributed by atoms with Gasteiger partial charge in [0.05, 0.1) is 48.0 Å². The quantitative estimate of drug-likeness (QED) is 0.0313. The highest BCUT2D eigenvalue weighted by molar-refractivity contribution is 5.90. The Labute approximate surface area is 387 Å². The fourth-order valence-corrected chi connectivity index (χ4v) is 8.74. The van der Waals surface area contributed by atoms with Gasteiger partial charge in [-0.15, -0.1) is 0 Å². The summed E-state index contributed by atoms with van der Waals surface area (Å²) >= 11 is 0. The molecule has 5 aromatic carbocycles. The largest absolute Gasteiger partial charge is 0.494 e. The highest BCUT2D eigenvalue weighted by Crippen LogP contribution is 2.64. The lowest BCUT2D eigenvalue weighted by atomic mass is 10.0. The van der Waals surface area contributed by atoms with Crippen molar-refractivity contribution in [3.05, 3.63) is 144 Å². The number of hydrogen-bond donors (Lipinski definition) is 0. The van der Waals surface area contributed by atoms with Gasteiger partial charge in [0.25, 0.3) is 11.8 Å². The highest BCUT2D eigenvalue weighted by Gasteiger charge is 2.70. The van der Waals surface area contributed by atoms with E-state index in [2.05, 4.69) is 13.8 Å². The van der Waals surface area contributed by atoms with Gasteiger partial charge < -0.3 is 18.9 Å². The number of rotatable bonds is 26. The molecule has 0 aromatic heterocycles. The van der Waals surface area contributed by atoms with Crippen molar-refractivity contribution < 1.29 is 46.1 Å². The molecule has 2 aliphatic carbocycles. The Balaban J connectivity index is 0.830. The molecule has 4 atom stereocenters. The van der Waals surface area contributed by atoms with Crippen LogP contribution < -0.4 is 9.47 Å². The van der Waals surface area contributed by atoms with E-state index in [4.69, 9.17) is 18.9 Å². The maximum atomic E-state index is 15.0. The van der Waals surface area contributed by atoms with E-state index in [0.29, 0.717) is 13.2 Å². The maximum absolute atomic E-state index is 15.0. The van der Waals surface area contributed by atoms with Crippen LogP contribution in [0.4, 0.5) is 17.6 Å². The van der Waals surface area contributed by atoms with Gasteiger partial charge in [-0.05, 0) is 94.8 Å². The number of alkyl halides is 4. The molecule has 2 aliphatic rings. The number of unbranched alkanes of at least 4 members (excludes halogenated alkanes) is 10. The normalized spacial score (nSPS) is 18.9. The summed E-state index contributed by atoms with van der Waals surface area (Å²) in [5.41, 5.74) is 4.68. The number of carbonyl (C=O) groups is 2. The second kappa shape index (κ2) is 22.7. The molecular formula is C56H62F4O6. The van der Waals surface area contributed by atoms with Crippen LogP contribution in [0.3, 0.4) is 0 Å². The van der Waals surface area contributed by atoms with Crippen LogP contribution in [0.1, 0.15) is 135 Å². The molecule has 350 valence electrons. The molecule has 0 saturated heterocycles. The summed E-state index contributed by atoms with van der Waals surface area (Å²) in [7, 11) is 0. The zero-order chi connectivity index (χ0) is 46.5. The van der Waals surface area contributed by atoms with Gasteiger partial charge in [-0.25, -0.2) is 27.2 Å². The van der Waals surface area contributed by atoms with Crippen molar-refractivity contribution in [2.45, 2.75) is 115 Å². The van der Waals surface area contributed by atoms with Crippen LogP contribution >= 0.6 is 0 Å². The van der Waals surface area contributed by atoms with E-state index in [-0.39, 0.29) is 22.3 Å². The molecular weight excluding hydrogens is 845 g/mol. The Morgan fingerprint density at radius 2 is 0.727 bits per heavy atom. The average Bonchev–Trinajstić information content (AvgIpc) is 4.12. The molecule has 0 amide bonds. The molecule has 0 spiro atoms. The van der Waals surface area contributed by atoms with E-state index in [1.165, 1.54) is 75.6 Å². The third-order valence-electron chi connectivity index (χ3n) is 13.0. The third-order valence-corrected chi connectivity index (χ3v) is 13.0. The summed E-state index contributed by atoms with van der Waals surface area (Å²) in [5, 5.41) is 0. The Hall–Kier alpha value is -5.64. The van der Waals surface area contributed by atoms with E-state index in [1.54, 1.807) is 48.5 Å². The fourth-order valence-electron chi connectivity index (χ4n) is 8.74. The summed E-state index contributed by atoms with van der Waals surface area (Å²) in [6, 6.07) is 34.7. The van der Waals surface area contributed by atoms with Gasteiger partial charge in [-0.3, -0.25) is 0 Å². The monoisotopic (exact) mass is 906 g/mol. The van der Waals surface area contributed by atoms with Crippen molar-refractivity contribution in [1.82, 2.24) is 0 Å². The molecule has 66 heavy (non-hydrogen) atoms. The lowest BCUT2D eigenvalue weighted by molar-refractivity contribution is 0.0351. The first kappa shape index (κ1) is 48.3. The zero-order valence-corrected chi connectivity index (χ0v) is 38.1. The van der Waals surface area contributed by atoms with Crippen molar-refractivity contribution in [3.8, 4) is 33.8 Å². The summed E-state index contributed by atoms with van der Waals surface area (Å²) in [6.45, 7) is 4.79. The summed E-state index contributed by atoms with van der Waals surface area (Å²) in [6.07, 6.45) is 14.4. The van der Waals surface area contributed by atoms with Gasteiger partial charge in [-0.2, -0.15) is 0 Å². The van der Waals surface area contributed by atoms with Gasteiger partial charge in [-0.1, -0.05) is 151 Å². The fraction of sp³-hybridized carbons (Fsp3) is 0.429. The van der Waals surface area contributed by atoms with E-state index in [0.717, 1.165) is 59.4 Å². The molecule has 4 unspecified atom stereocenters. The van der Waals surface area contributed by atoms with Crippen molar-refractivity contribution in [2.75, 3.05) is 26.4 Å². The lowest BCUT2D eigenvalue weighted by Crippen LogP contribution is -2.10. The van der Waals surface area contributed by atoms with Gasteiger partial charge in [0.2, 0.25) is 0 Å². The van der Waals surface area contributed by atoms with Gasteiger partial charge in [0.1, 0.15) is 24.7 Å². The topological polar surface area (TPSA) is 71.1 Å². The zero-order valence-electron chi connectivity index (χ0n) is 38.1. The Morgan fingerprint density at radius 3 is 1.06 bits per heavy atom. The minimum atomic E-state index is -3.12. The van der Waals surface area contributed by atoms with Crippen molar-refractivity contribution in [2.24, 2.45) is 11.8 Å². The first-order valence-electron chi connectivity index (χ1n) is 23.9. The van der Waals surface area contributed by atoms with Crippen LogP contribution in [-0.4, -0.2) is 50.2 Å². The van der Waals surface area contributed by atoms with Crippen LogP contribution in [0.15, 0.2) is 121 Å². The number of esters is 2. The minimum Gasteiger partial charge on any atom is -0.494 e. The first-order chi connectivity index (χ1) is 32.0. The Morgan fingerprint density at radius 1 is 0.424 bits per heavy atom. The summed E-state index contributed by atoms with van der Waals surface area (Å²) < 4.78 is 82.5. The van der Waals surface area contributed by atoms with Gasteiger partial charge >= 0.3 is 11.9 Å². The van der Waals surface area contributed by atoms with Crippen molar-refractivity contribution in [3.63, 3.8) is 0 Å². The van der Waals surface area contributed by atoms with Gasteiger partial charge in [0, 0.05) is 0 Å². The molecule has 5 aromatic rings. The molecule has 10 heteroatoms. The van der Waals surface area contributed by atoms with Crippen LogP contribution in [0.2, 0.25) is 0 Å². The second-order valence-electron chi connectivity index (χ2n) is 17.8. The minimum absolute atomic E-state index is 0.243. The number of hydrogen-bond acceptors (Lipinski definition) is 6. The predicted octanol–water partition coefficient (Wildman–Crippen LogP) is 14.9. The number of benzene rings is 5.